The van der Waals surface area contributed by atoms with E-state index in [0.29, 0.717) is 17.9 Å². The summed E-state index contributed by atoms with van der Waals surface area (Å²) in [7, 11) is 0. The number of nitrogens with two attached hydrogens (primary N) is 1. The Morgan fingerprint density at radius 1 is 1.47 bits per heavy atom. The first kappa shape index (κ1) is 11.3. The van der Waals surface area contributed by atoms with E-state index in [2.05, 4.69) is 20.5 Å². The number of carbonyl (C=O) groups is 1. The molecule has 0 radical (unpaired) electrons. The molecule has 2 rings (SSSR count). The molecule has 2 aromatic rings. The molecule has 0 aliphatic rings. The first-order valence-electron chi connectivity index (χ1n) is 5.17. The highest BCUT2D eigenvalue weighted by Gasteiger charge is 2.11. The van der Waals surface area contributed by atoms with Crippen LogP contribution >= 0.6 is 0 Å². The van der Waals surface area contributed by atoms with Gasteiger partial charge in [0.2, 0.25) is 0 Å². The molecular weight excluding hydrogens is 218 g/mol. The molecule has 17 heavy (non-hydrogen) atoms. The van der Waals surface area contributed by atoms with E-state index in [1.165, 1.54) is 6.20 Å². The van der Waals surface area contributed by atoms with Crippen LogP contribution in [0.15, 0.2) is 24.5 Å². The van der Waals surface area contributed by atoms with Gasteiger partial charge >= 0.3 is 0 Å². The van der Waals surface area contributed by atoms with Gasteiger partial charge in [-0.05, 0) is 18.6 Å². The highest BCUT2D eigenvalue weighted by molar-refractivity contribution is 6.04. The Labute approximate surface area is 98.3 Å². The van der Waals surface area contributed by atoms with Crippen molar-refractivity contribution in [1.82, 2.24) is 15.2 Å². The topological polar surface area (TPSA) is 96.7 Å². The number of rotatable bonds is 3. The van der Waals surface area contributed by atoms with Crippen molar-refractivity contribution >= 4 is 11.7 Å². The summed E-state index contributed by atoms with van der Waals surface area (Å²) in [5.74, 6) is 0.261. The highest BCUT2D eigenvalue weighted by atomic mass is 16.1. The molecule has 6 nitrogen and oxygen atoms in total. The van der Waals surface area contributed by atoms with Crippen molar-refractivity contribution in [1.29, 1.82) is 0 Å². The maximum atomic E-state index is 11.8. The summed E-state index contributed by atoms with van der Waals surface area (Å²) in [6.07, 6.45) is 3.12. The van der Waals surface area contributed by atoms with Gasteiger partial charge < -0.3 is 11.1 Å². The van der Waals surface area contributed by atoms with Crippen LogP contribution in [0.1, 0.15) is 21.6 Å². The van der Waals surface area contributed by atoms with Crippen molar-refractivity contribution in [3.05, 3.63) is 41.3 Å². The fourth-order valence-corrected chi connectivity index (χ4v) is 1.38. The summed E-state index contributed by atoms with van der Waals surface area (Å²) < 4.78 is 0. The molecule has 2 heterocycles. The van der Waals surface area contributed by atoms with E-state index >= 15 is 0 Å². The van der Waals surface area contributed by atoms with E-state index in [-0.39, 0.29) is 5.91 Å². The first-order chi connectivity index (χ1) is 8.20. The molecule has 0 aromatic carbocycles. The van der Waals surface area contributed by atoms with E-state index in [9.17, 15) is 4.79 Å². The molecule has 0 bridgehead atoms. The van der Waals surface area contributed by atoms with Gasteiger partial charge in [-0.1, -0.05) is 6.07 Å². The summed E-state index contributed by atoms with van der Waals surface area (Å²) in [5.41, 5.74) is 7.61. The average molecular weight is 231 g/mol. The lowest BCUT2D eigenvalue weighted by atomic mass is 10.2. The molecular formula is C11H13N5O. The molecule has 0 unspecified atom stereocenters. The molecule has 0 aliphatic carbocycles. The SMILES string of the molecule is Cc1[nH]ncc1C(=O)Nc1ccc(CN)cn1. The van der Waals surface area contributed by atoms with Crippen LogP contribution < -0.4 is 11.1 Å². The minimum absolute atomic E-state index is 0.232. The van der Waals surface area contributed by atoms with Crippen molar-refractivity contribution in [2.45, 2.75) is 13.5 Å². The smallest absolute Gasteiger partial charge is 0.260 e. The van der Waals surface area contributed by atoms with Crippen LogP contribution in [0.3, 0.4) is 0 Å². The van der Waals surface area contributed by atoms with E-state index in [0.717, 1.165) is 11.3 Å². The predicted octanol–water partition coefficient (Wildman–Crippen LogP) is 0.824. The number of aromatic nitrogens is 3. The van der Waals surface area contributed by atoms with Gasteiger partial charge in [-0.25, -0.2) is 4.98 Å². The molecule has 0 spiro atoms. The molecule has 88 valence electrons. The number of H-pyrrole nitrogens is 1. The molecule has 0 aliphatic heterocycles. The number of aryl methyl sites for hydroxylation is 1. The number of hydrogen-bond donors (Lipinski definition) is 3. The van der Waals surface area contributed by atoms with Crippen molar-refractivity contribution in [3.63, 3.8) is 0 Å². The highest BCUT2D eigenvalue weighted by Crippen LogP contribution is 2.08. The van der Waals surface area contributed by atoms with Crippen LogP contribution in [0.4, 0.5) is 5.82 Å². The molecule has 0 fully saturated rings. The zero-order valence-corrected chi connectivity index (χ0v) is 9.40. The predicted molar refractivity (Wildman–Crippen MR) is 63.4 cm³/mol. The Kier molecular flexibility index (Phi) is 3.15. The van der Waals surface area contributed by atoms with Gasteiger partial charge in [0, 0.05) is 18.4 Å². The number of aromatic amines is 1. The van der Waals surface area contributed by atoms with Crippen LogP contribution in [-0.2, 0) is 6.54 Å². The fraction of sp³-hybridized carbons (Fsp3) is 0.182. The molecule has 0 saturated carbocycles. The summed E-state index contributed by atoms with van der Waals surface area (Å²) in [4.78, 5) is 15.9. The molecule has 2 aromatic heterocycles. The van der Waals surface area contributed by atoms with Crippen molar-refractivity contribution in [2.24, 2.45) is 5.73 Å². The largest absolute Gasteiger partial charge is 0.326 e. The van der Waals surface area contributed by atoms with E-state index in [1.54, 1.807) is 19.2 Å². The second kappa shape index (κ2) is 4.75. The Balaban J connectivity index is 2.10. The number of anilines is 1. The van der Waals surface area contributed by atoms with Crippen LogP contribution in [0.2, 0.25) is 0 Å². The second-order valence-electron chi connectivity index (χ2n) is 3.62. The van der Waals surface area contributed by atoms with Crippen LogP contribution in [0, 0.1) is 6.92 Å². The zero-order chi connectivity index (χ0) is 12.3. The van der Waals surface area contributed by atoms with Gasteiger partial charge in [0.15, 0.2) is 0 Å². The van der Waals surface area contributed by atoms with Gasteiger partial charge in [0.1, 0.15) is 5.82 Å². The third kappa shape index (κ3) is 2.48. The lowest BCUT2D eigenvalue weighted by Gasteiger charge is -2.04. The number of nitrogens with one attached hydrogen (secondary N) is 2. The average Bonchev–Trinajstić information content (AvgIpc) is 2.76. The standard InChI is InChI=1S/C11H13N5O/c1-7-9(6-14-16-7)11(17)15-10-3-2-8(4-12)5-13-10/h2-3,5-6H,4,12H2,1H3,(H,14,16)(H,13,15,17). The summed E-state index contributed by atoms with van der Waals surface area (Å²) in [5, 5.41) is 9.18. The van der Waals surface area contributed by atoms with Crippen LogP contribution in [0.25, 0.3) is 0 Å². The van der Waals surface area contributed by atoms with E-state index < -0.39 is 0 Å². The first-order valence-corrected chi connectivity index (χ1v) is 5.17. The Morgan fingerprint density at radius 2 is 2.29 bits per heavy atom. The van der Waals surface area contributed by atoms with E-state index in [1.807, 2.05) is 6.07 Å². The van der Waals surface area contributed by atoms with Gasteiger partial charge in [-0.3, -0.25) is 9.89 Å². The van der Waals surface area contributed by atoms with Crippen molar-refractivity contribution < 1.29 is 4.79 Å². The Bertz CT molecular complexity index is 517. The molecule has 0 saturated heterocycles. The second-order valence-corrected chi connectivity index (χ2v) is 3.62. The summed E-state index contributed by atoms with van der Waals surface area (Å²) in [6, 6.07) is 3.54. The summed E-state index contributed by atoms with van der Waals surface area (Å²) >= 11 is 0. The van der Waals surface area contributed by atoms with Crippen LogP contribution in [0.5, 0.6) is 0 Å². The zero-order valence-electron chi connectivity index (χ0n) is 9.40. The number of nitrogens with zero attached hydrogens (tertiary/aromatic N) is 2. The lowest BCUT2D eigenvalue weighted by Crippen LogP contribution is -2.13. The van der Waals surface area contributed by atoms with E-state index in [4.69, 9.17) is 5.73 Å². The Hall–Kier alpha value is -2.21. The Morgan fingerprint density at radius 3 is 2.82 bits per heavy atom. The van der Waals surface area contributed by atoms with Crippen molar-refractivity contribution in [3.8, 4) is 0 Å². The minimum Gasteiger partial charge on any atom is -0.326 e. The monoisotopic (exact) mass is 231 g/mol. The van der Waals surface area contributed by atoms with Gasteiger partial charge in [-0.2, -0.15) is 5.10 Å². The van der Waals surface area contributed by atoms with Gasteiger partial charge in [-0.15, -0.1) is 0 Å². The third-order valence-electron chi connectivity index (χ3n) is 2.38. The fourth-order valence-electron chi connectivity index (χ4n) is 1.38. The maximum absolute atomic E-state index is 11.8. The number of carbonyl (C=O) groups excluding carboxylic acids is 1. The van der Waals surface area contributed by atoms with Crippen LogP contribution in [-0.4, -0.2) is 21.1 Å². The normalized spacial score (nSPS) is 10.2. The molecule has 6 heteroatoms. The molecule has 0 atom stereocenters. The third-order valence-corrected chi connectivity index (χ3v) is 2.38. The number of pyridine rings is 1. The van der Waals surface area contributed by atoms with Gasteiger partial charge in [0.05, 0.1) is 11.8 Å². The number of hydrogen-bond acceptors (Lipinski definition) is 4. The summed E-state index contributed by atoms with van der Waals surface area (Å²) in [6.45, 7) is 2.22. The quantitative estimate of drug-likeness (QED) is 0.728. The lowest BCUT2D eigenvalue weighted by molar-refractivity contribution is 0.102. The van der Waals surface area contributed by atoms with Crippen molar-refractivity contribution in [2.75, 3.05) is 5.32 Å². The number of amides is 1. The maximum Gasteiger partial charge on any atom is 0.260 e. The van der Waals surface area contributed by atoms with Gasteiger partial charge in [0.25, 0.3) is 5.91 Å². The molecule has 1 amide bonds. The minimum atomic E-state index is -0.232. The molecule has 4 N–H and O–H groups in total.